The minimum atomic E-state index is 0.125. The monoisotopic (exact) mass is 264 g/mol. The van der Waals surface area contributed by atoms with Gasteiger partial charge in [0.05, 0.1) is 13.3 Å². The standard InChI is InChI=1S/C11H12N4O2S/c1-17-8-2-3-9(16)7(4-8)5-13-15-11-14-10(12)6-18-11/h2-6,16H,12H2,1H3,(H,14,15). The van der Waals surface area contributed by atoms with Crippen molar-refractivity contribution in [3.63, 3.8) is 0 Å². The van der Waals surface area contributed by atoms with Gasteiger partial charge in [0.25, 0.3) is 0 Å². The van der Waals surface area contributed by atoms with E-state index in [2.05, 4.69) is 15.5 Å². The Hall–Kier alpha value is -2.28. The van der Waals surface area contributed by atoms with Gasteiger partial charge >= 0.3 is 0 Å². The number of rotatable bonds is 4. The molecule has 2 rings (SSSR count). The van der Waals surface area contributed by atoms with E-state index in [-0.39, 0.29) is 5.75 Å². The zero-order valence-corrected chi connectivity index (χ0v) is 10.4. The topological polar surface area (TPSA) is 92.8 Å². The molecule has 94 valence electrons. The number of aromatic nitrogens is 1. The molecule has 0 bridgehead atoms. The van der Waals surface area contributed by atoms with Crippen LogP contribution in [0, 0.1) is 0 Å². The van der Waals surface area contributed by atoms with E-state index < -0.39 is 0 Å². The van der Waals surface area contributed by atoms with Crippen molar-refractivity contribution in [2.45, 2.75) is 0 Å². The predicted molar refractivity (Wildman–Crippen MR) is 72.4 cm³/mol. The van der Waals surface area contributed by atoms with Crippen LogP contribution in [0.4, 0.5) is 10.9 Å². The second-order valence-electron chi connectivity index (χ2n) is 3.37. The summed E-state index contributed by atoms with van der Waals surface area (Å²) in [5, 5.41) is 15.9. The van der Waals surface area contributed by atoms with Gasteiger partial charge in [-0.3, -0.25) is 5.43 Å². The number of aromatic hydroxyl groups is 1. The third-order valence-electron chi connectivity index (χ3n) is 2.12. The number of hydrogen-bond donors (Lipinski definition) is 3. The molecule has 0 aliphatic heterocycles. The summed E-state index contributed by atoms with van der Waals surface area (Å²) >= 11 is 1.35. The molecule has 6 nitrogen and oxygen atoms in total. The molecule has 0 aliphatic rings. The van der Waals surface area contributed by atoms with Crippen molar-refractivity contribution in [2.24, 2.45) is 5.10 Å². The number of phenolic OH excluding ortho intramolecular Hbond substituents is 1. The first kappa shape index (κ1) is 12.2. The zero-order valence-electron chi connectivity index (χ0n) is 9.62. The Morgan fingerprint density at radius 1 is 1.56 bits per heavy atom. The SMILES string of the molecule is COc1ccc(O)c(C=NNc2nc(N)cs2)c1. The van der Waals surface area contributed by atoms with Gasteiger partial charge in [0.1, 0.15) is 17.3 Å². The Labute approximate surface area is 108 Å². The maximum atomic E-state index is 9.62. The molecule has 4 N–H and O–H groups in total. The van der Waals surface area contributed by atoms with Crippen LogP contribution in [0.1, 0.15) is 5.56 Å². The summed E-state index contributed by atoms with van der Waals surface area (Å²) in [5.41, 5.74) is 8.75. The van der Waals surface area contributed by atoms with Gasteiger partial charge in [-0.2, -0.15) is 5.10 Å². The molecule has 1 aromatic carbocycles. The minimum Gasteiger partial charge on any atom is -0.507 e. The van der Waals surface area contributed by atoms with Crippen LogP contribution in [0.25, 0.3) is 0 Å². The van der Waals surface area contributed by atoms with Crippen molar-refractivity contribution in [3.05, 3.63) is 29.1 Å². The fraction of sp³-hybridized carbons (Fsp3) is 0.0909. The smallest absolute Gasteiger partial charge is 0.205 e. The number of benzene rings is 1. The van der Waals surface area contributed by atoms with Crippen molar-refractivity contribution in [1.29, 1.82) is 0 Å². The highest BCUT2D eigenvalue weighted by atomic mass is 32.1. The molecule has 0 amide bonds. The normalized spacial score (nSPS) is 10.7. The molecule has 0 saturated heterocycles. The summed E-state index contributed by atoms with van der Waals surface area (Å²) in [7, 11) is 1.56. The van der Waals surface area contributed by atoms with Crippen LogP contribution in [0.15, 0.2) is 28.7 Å². The number of nitrogens with zero attached hydrogens (tertiary/aromatic N) is 2. The van der Waals surface area contributed by atoms with Gasteiger partial charge in [0, 0.05) is 10.9 Å². The van der Waals surface area contributed by atoms with E-state index in [0.29, 0.717) is 22.3 Å². The number of thiazole rings is 1. The van der Waals surface area contributed by atoms with Gasteiger partial charge in [-0.15, -0.1) is 11.3 Å². The average molecular weight is 264 g/mol. The van der Waals surface area contributed by atoms with E-state index in [1.54, 1.807) is 30.7 Å². The molecule has 7 heteroatoms. The number of hydrazone groups is 1. The number of hydrogen-bond acceptors (Lipinski definition) is 7. The highest BCUT2D eigenvalue weighted by Crippen LogP contribution is 2.21. The quantitative estimate of drug-likeness (QED) is 0.579. The highest BCUT2D eigenvalue weighted by molar-refractivity contribution is 7.14. The molecule has 18 heavy (non-hydrogen) atoms. The summed E-state index contributed by atoms with van der Waals surface area (Å²) < 4.78 is 5.06. The van der Waals surface area contributed by atoms with Gasteiger partial charge in [-0.05, 0) is 18.2 Å². The van der Waals surface area contributed by atoms with Gasteiger partial charge in [-0.1, -0.05) is 0 Å². The molecule has 1 aromatic heterocycles. The highest BCUT2D eigenvalue weighted by Gasteiger charge is 2.01. The minimum absolute atomic E-state index is 0.125. The fourth-order valence-electron chi connectivity index (χ4n) is 1.26. The van der Waals surface area contributed by atoms with E-state index in [1.807, 2.05) is 0 Å². The first-order valence-electron chi connectivity index (χ1n) is 5.06. The van der Waals surface area contributed by atoms with Crippen molar-refractivity contribution in [3.8, 4) is 11.5 Å². The predicted octanol–water partition coefficient (Wildman–Crippen LogP) is 1.89. The Morgan fingerprint density at radius 2 is 2.39 bits per heavy atom. The molecule has 1 heterocycles. The summed E-state index contributed by atoms with van der Waals surface area (Å²) in [5.74, 6) is 1.22. The number of ether oxygens (including phenoxy) is 1. The van der Waals surface area contributed by atoms with Gasteiger partial charge in [0.2, 0.25) is 5.13 Å². The second kappa shape index (κ2) is 5.37. The third kappa shape index (κ3) is 2.89. The lowest BCUT2D eigenvalue weighted by molar-refractivity contribution is 0.412. The molecule has 2 aromatic rings. The van der Waals surface area contributed by atoms with E-state index in [4.69, 9.17) is 10.5 Å². The Morgan fingerprint density at radius 3 is 3.06 bits per heavy atom. The van der Waals surface area contributed by atoms with Crippen LogP contribution in [-0.4, -0.2) is 23.4 Å². The summed E-state index contributed by atoms with van der Waals surface area (Å²) in [4.78, 5) is 3.98. The zero-order chi connectivity index (χ0) is 13.0. The number of nitrogens with two attached hydrogens (primary N) is 1. The molecular weight excluding hydrogens is 252 g/mol. The van der Waals surface area contributed by atoms with Crippen molar-refractivity contribution >= 4 is 28.5 Å². The average Bonchev–Trinajstić information content (AvgIpc) is 2.77. The van der Waals surface area contributed by atoms with Crippen molar-refractivity contribution in [1.82, 2.24) is 4.98 Å². The van der Waals surface area contributed by atoms with Crippen LogP contribution in [0.2, 0.25) is 0 Å². The van der Waals surface area contributed by atoms with Gasteiger partial charge in [0.15, 0.2) is 0 Å². The van der Waals surface area contributed by atoms with Gasteiger partial charge < -0.3 is 15.6 Å². The first-order chi connectivity index (χ1) is 8.69. The molecule has 0 saturated carbocycles. The second-order valence-corrected chi connectivity index (χ2v) is 4.23. The van der Waals surface area contributed by atoms with Crippen molar-refractivity contribution < 1.29 is 9.84 Å². The number of anilines is 2. The van der Waals surface area contributed by atoms with Gasteiger partial charge in [-0.25, -0.2) is 4.98 Å². The molecule has 0 radical (unpaired) electrons. The molecule has 0 fully saturated rings. The summed E-state index contributed by atoms with van der Waals surface area (Å²) in [6, 6.07) is 4.89. The Kier molecular flexibility index (Phi) is 3.63. The van der Waals surface area contributed by atoms with Crippen LogP contribution in [0.5, 0.6) is 11.5 Å². The maximum absolute atomic E-state index is 9.62. The van der Waals surface area contributed by atoms with E-state index in [1.165, 1.54) is 17.6 Å². The number of nitrogens with one attached hydrogen (secondary N) is 1. The summed E-state index contributed by atoms with van der Waals surface area (Å²) in [6.45, 7) is 0. The van der Waals surface area contributed by atoms with Crippen LogP contribution >= 0.6 is 11.3 Å². The lowest BCUT2D eigenvalue weighted by Gasteiger charge is -2.02. The third-order valence-corrected chi connectivity index (χ3v) is 2.89. The largest absolute Gasteiger partial charge is 0.507 e. The van der Waals surface area contributed by atoms with Crippen molar-refractivity contribution in [2.75, 3.05) is 18.3 Å². The molecule has 0 atom stereocenters. The van der Waals surface area contributed by atoms with Crippen LogP contribution in [0.3, 0.4) is 0 Å². The molecule has 0 aliphatic carbocycles. The lowest BCUT2D eigenvalue weighted by atomic mass is 10.2. The molecule has 0 spiro atoms. The number of phenols is 1. The van der Waals surface area contributed by atoms with Crippen LogP contribution in [-0.2, 0) is 0 Å². The van der Waals surface area contributed by atoms with Crippen LogP contribution < -0.4 is 15.9 Å². The number of nitrogen functional groups attached to an aromatic ring is 1. The lowest BCUT2D eigenvalue weighted by Crippen LogP contribution is -1.92. The molecular formula is C11H12N4O2S. The first-order valence-corrected chi connectivity index (χ1v) is 5.94. The number of methoxy groups -OCH3 is 1. The fourth-order valence-corrected chi connectivity index (χ4v) is 1.81. The Balaban J connectivity index is 2.08. The maximum Gasteiger partial charge on any atom is 0.205 e. The Bertz CT molecular complexity index is 568. The molecule has 0 unspecified atom stereocenters. The van der Waals surface area contributed by atoms with E-state index >= 15 is 0 Å². The van der Waals surface area contributed by atoms with E-state index in [0.717, 1.165) is 0 Å². The summed E-state index contributed by atoms with van der Waals surface area (Å²) in [6.07, 6.45) is 1.48. The van der Waals surface area contributed by atoms with E-state index in [9.17, 15) is 5.11 Å².